The molecule has 4 rings (SSSR count). The molecule has 3 heterocycles. The van der Waals surface area contributed by atoms with Crippen molar-refractivity contribution in [3.8, 4) is 11.4 Å². The second-order valence-corrected chi connectivity index (χ2v) is 6.55. The summed E-state index contributed by atoms with van der Waals surface area (Å²) in [4.78, 5) is 9.36. The summed E-state index contributed by atoms with van der Waals surface area (Å²) >= 11 is 1.61. The zero-order chi connectivity index (χ0) is 16.5. The molecule has 0 aliphatic rings. The Labute approximate surface area is 161 Å². The summed E-state index contributed by atoms with van der Waals surface area (Å²) in [6.45, 7) is 4.19. The van der Waals surface area contributed by atoms with Crippen LogP contribution in [-0.4, -0.2) is 14.4 Å². The fourth-order valence-corrected chi connectivity index (χ4v) is 3.52. The molecule has 4 aromatic rings. The summed E-state index contributed by atoms with van der Waals surface area (Å²) in [6, 6.07) is 14.5. The topological polar surface area (TPSA) is 42.2 Å². The van der Waals surface area contributed by atoms with Crippen LogP contribution in [0.15, 0.2) is 54.0 Å². The Morgan fingerprint density at radius 3 is 2.64 bits per heavy atom. The van der Waals surface area contributed by atoms with Crippen molar-refractivity contribution in [2.24, 2.45) is 0 Å². The predicted octanol–water partition coefficient (Wildman–Crippen LogP) is 5.65. The van der Waals surface area contributed by atoms with Crippen LogP contribution >= 0.6 is 28.3 Å². The van der Waals surface area contributed by atoms with Crippen LogP contribution in [0.3, 0.4) is 0 Å². The van der Waals surface area contributed by atoms with E-state index in [1.54, 1.807) is 11.3 Å². The fourth-order valence-electron chi connectivity index (χ4n) is 2.81. The van der Waals surface area contributed by atoms with Gasteiger partial charge in [0.1, 0.15) is 11.3 Å². The van der Waals surface area contributed by atoms with Crippen LogP contribution < -0.4 is 5.32 Å². The molecular formula is C19H19BrN4S. The second-order valence-electron chi connectivity index (χ2n) is 5.69. The number of anilines is 2. The highest BCUT2D eigenvalue weighted by atomic mass is 79.9. The van der Waals surface area contributed by atoms with E-state index in [0.717, 1.165) is 40.0 Å². The van der Waals surface area contributed by atoms with Gasteiger partial charge >= 0.3 is 0 Å². The standard InChI is InChI=1S/C19H18N4S.BrH/c1-3-14-7-9-15(10-8-14)21-19-22-16(12-24-19)18-13(2)20-17-6-4-5-11-23(17)18;/h4-12H,3H2,1-2H3,(H,21,22);1H. The Morgan fingerprint density at radius 2 is 1.88 bits per heavy atom. The van der Waals surface area contributed by atoms with Crippen molar-refractivity contribution in [1.82, 2.24) is 14.4 Å². The van der Waals surface area contributed by atoms with Crippen molar-refractivity contribution in [3.05, 3.63) is 65.3 Å². The number of pyridine rings is 1. The number of rotatable bonds is 4. The Balaban J connectivity index is 0.00000182. The summed E-state index contributed by atoms with van der Waals surface area (Å²) < 4.78 is 2.09. The van der Waals surface area contributed by atoms with E-state index in [0.29, 0.717) is 0 Å². The average molecular weight is 415 g/mol. The Kier molecular flexibility index (Phi) is 5.20. The molecule has 0 atom stereocenters. The maximum atomic E-state index is 4.75. The highest BCUT2D eigenvalue weighted by molar-refractivity contribution is 8.93. The van der Waals surface area contributed by atoms with Gasteiger partial charge in [0, 0.05) is 17.3 Å². The van der Waals surface area contributed by atoms with E-state index in [2.05, 4.69) is 51.3 Å². The molecule has 0 amide bonds. The van der Waals surface area contributed by atoms with E-state index in [4.69, 9.17) is 4.98 Å². The minimum Gasteiger partial charge on any atom is -0.332 e. The molecular weight excluding hydrogens is 396 g/mol. The maximum Gasteiger partial charge on any atom is 0.187 e. The predicted molar refractivity (Wildman–Crippen MR) is 110 cm³/mol. The molecule has 1 aromatic carbocycles. The van der Waals surface area contributed by atoms with Crippen molar-refractivity contribution in [3.63, 3.8) is 0 Å². The molecule has 4 nitrogen and oxygen atoms in total. The van der Waals surface area contributed by atoms with E-state index in [1.165, 1.54) is 5.56 Å². The Hall–Kier alpha value is -2.18. The summed E-state index contributed by atoms with van der Waals surface area (Å²) in [5, 5.41) is 6.35. The average Bonchev–Trinajstić information content (AvgIpc) is 3.18. The number of benzene rings is 1. The number of hydrogen-bond donors (Lipinski definition) is 1. The zero-order valence-electron chi connectivity index (χ0n) is 14.1. The summed E-state index contributed by atoms with van der Waals surface area (Å²) in [7, 11) is 0. The maximum absolute atomic E-state index is 4.75. The van der Waals surface area contributed by atoms with Gasteiger partial charge in [-0.3, -0.25) is 4.40 Å². The molecule has 1 N–H and O–H groups in total. The number of hydrogen-bond acceptors (Lipinski definition) is 4. The van der Waals surface area contributed by atoms with Gasteiger partial charge < -0.3 is 5.32 Å². The van der Waals surface area contributed by atoms with E-state index >= 15 is 0 Å². The normalized spacial score (nSPS) is 10.6. The van der Waals surface area contributed by atoms with Gasteiger partial charge in [0.2, 0.25) is 0 Å². The molecule has 0 aliphatic carbocycles. The Bertz CT molecular complexity index is 988. The van der Waals surface area contributed by atoms with E-state index in [9.17, 15) is 0 Å². The van der Waals surface area contributed by atoms with Crippen molar-refractivity contribution >= 4 is 44.8 Å². The highest BCUT2D eigenvalue weighted by Crippen LogP contribution is 2.29. The highest BCUT2D eigenvalue weighted by Gasteiger charge is 2.13. The van der Waals surface area contributed by atoms with Crippen LogP contribution in [0, 0.1) is 6.92 Å². The number of aryl methyl sites for hydroxylation is 2. The molecule has 0 radical (unpaired) electrons. The van der Waals surface area contributed by atoms with E-state index in [1.807, 2.05) is 31.3 Å². The lowest BCUT2D eigenvalue weighted by Gasteiger charge is -2.03. The first-order valence-electron chi connectivity index (χ1n) is 8.00. The van der Waals surface area contributed by atoms with E-state index in [-0.39, 0.29) is 17.0 Å². The third-order valence-electron chi connectivity index (χ3n) is 4.06. The van der Waals surface area contributed by atoms with Gasteiger partial charge in [-0.25, -0.2) is 9.97 Å². The third kappa shape index (κ3) is 3.45. The van der Waals surface area contributed by atoms with Gasteiger partial charge in [0.05, 0.1) is 11.4 Å². The van der Waals surface area contributed by atoms with Gasteiger partial charge in [0.25, 0.3) is 0 Å². The number of nitrogens with one attached hydrogen (secondary N) is 1. The van der Waals surface area contributed by atoms with Gasteiger partial charge in [-0.05, 0) is 43.2 Å². The third-order valence-corrected chi connectivity index (χ3v) is 4.82. The monoisotopic (exact) mass is 414 g/mol. The summed E-state index contributed by atoms with van der Waals surface area (Å²) in [5.41, 5.74) is 6.33. The molecule has 0 unspecified atom stereocenters. The van der Waals surface area contributed by atoms with Crippen LogP contribution in [0.4, 0.5) is 10.8 Å². The number of halogens is 1. The van der Waals surface area contributed by atoms with Crippen LogP contribution in [0.25, 0.3) is 17.0 Å². The largest absolute Gasteiger partial charge is 0.332 e. The van der Waals surface area contributed by atoms with Crippen molar-refractivity contribution in [2.45, 2.75) is 20.3 Å². The molecule has 0 saturated heterocycles. The number of imidazole rings is 1. The van der Waals surface area contributed by atoms with Crippen LogP contribution in [0.1, 0.15) is 18.2 Å². The molecule has 0 bridgehead atoms. The molecule has 25 heavy (non-hydrogen) atoms. The summed E-state index contributed by atoms with van der Waals surface area (Å²) in [5.74, 6) is 0. The number of thiazole rings is 1. The molecule has 0 spiro atoms. The lowest BCUT2D eigenvalue weighted by molar-refractivity contribution is 1.14. The number of nitrogens with zero attached hydrogens (tertiary/aromatic N) is 3. The minimum absolute atomic E-state index is 0. The van der Waals surface area contributed by atoms with Crippen LogP contribution in [0.5, 0.6) is 0 Å². The molecule has 0 aliphatic heterocycles. The first kappa shape index (κ1) is 17.6. The van der Waals surface area contributed by atoms with E-state index < -0.39 is 0 Å². The van der Waals surface area contributed by atoms with Gasteiger partial charge in [-0.2, -0.15) is 0 Å². The van der Waals surface area contributed by atoms with Gasteiger partial charge in [0.15, 0.2) is 5.13 Å². The van der Waals surface area contributed by atoms with Crippen molar-refractivity contribution in [2.75, 3.05) is 5.32 Å². The first-order valence-corrected chi connectivity index (χ1v) is 8.88. The molecule has 128 valence electrons. The quantitative estimate of drug-likeness (QED) is 0.468. The summed E-state index contributed by atoms with van der Waals surface area (Å²) in [6.07, 6.45) is 3.08. The van der Waals surface area contributed by atoms with Crippen LogP contribution in [-0.2, 0) is 6.42 Å². The minimum atomic E-state index is 0. The van der Waals surface area contributed by atoms with Crippen molar-refractivity contribution in [1.29, 1.82) is 0 Å². The lowest BCUT2D eigenvalue weighted by Crippen LogP contribution is -1.92. The number of aromatic nitrogens is 3. The van der Waals surface area contributed by atoms with Crippen LogP contribution in [0.2, 0.25) is 0 Å². The zero-order valence-corrected chi connectivity index (χ0v) is 16.6. The molecule has 0 fully saturated rings. The second kappa shape index (κ2) is 7.37. The Morgan fingerprint density at radius 1 is 1.08 bits per heavy atom. The smallest absolute Gasteiger partial charge is 0.187 e. The number of fused-ring (bicyclic) bond motifs is 1. The van der Waals surface area contributed by atoms with Gasteiger partial charge in [-0.1, -0.05) is 25.1 Å². The molecule has 6 heteroatoms. The SMILES string of the molecule is Br.CCc1ccc(Nc2nc(-c3c(C)nc4ccccn34)cs2)cc1. The van der Waals surface area contributed by atoms with Gasteiger partial charge in [-0.15, -0.1) is 28.3 Å². The molecule has 3 aromatic heterocycles. The molecule has 0 saturated carbocycles. The first-order chi connectivity index (χ1) is 11.7. The van der Waals surface area contributed by atoms with Crippen molar-refractivity contribution < 1.29 is 0 Å². The fraction of sp³-hybridized carbons (Fsp3) is 0.158. The lowest BCUT2D eigenvalue weighted by atomic mass is 10.1.